The second-order valence-electron chi connectivity index (χ2n) is 2.82. The Kier molecular flexibility index (Phi) is 2.03. The minimum absolute atomic E-state index is 0.430. The van der Waals surface area contributed by atoms with Gasteiger partial charge in [0.15, 0.2) is 0 Å². The minimum Gasteiger partial charge on any atom is -0.397 e. The predicted octanol–water partition coefficient (Wildman–Crippen LogP) is 0.291. The molecule has 0 aromatic carbocycles. The molecule has 0 aliphatic carbocycles. The summed E-state index contributed by atoms with van der Waals surface area (Å²) in [6.45, 7) is 1.16. The normalized spacial score (nSPS) is 17.8. The van der Waals surface area contributed by atoms with E-state index in [0.717, 1.165) is 0 Å². The van der Waals surface area contributed by atoms with E-state index in [4.69, 9.17) is 20.9 Å². The van der Waals surface area contributed by atoms with Crippen LogP contribution < -0.4 is 11.5 Å². The van der Waals surface area contributed by atoms with Gasteiger partial charge in [0.05, 0.1) is 30.8 Å². The lowest BCUT2D eigenvalue weighted by Gasteiger charge is -2.10. The van der Waals surface area contributed by atoms with Crippen LogP contribution in [-0.2, 0) is 9.47 Å². The van der Waals surface area contributed by atoms with E-state index >= 15 is 0 Å². The van der Waals surface area contributed by atoms with Gasteiger partial charge in [0.1, 0.15) is 5.69 Å². The Labute approximate surface area is 75.6 Å². The molecule has 1 aromatic heterocycles. The minimum atomic E-state index is -0.430. The van der Waals surface area contributed by atoms with Crippen LogP contribution in [0.5, 0.6) is 0 Å². The van der Waals surface area contributed by atoms with Crippen molar-refractivity contribution in [2.75, 3.05) is 24.7 Å². The number of pyridine rings is 1. The molecule has 0 bridgehead atoms. The number of rotatable bonds is 1. The molecule has 4 N–H and O–H groups in total. The zero-order valence-electron chi connectivity index (χ0n) is 7.06. The van der Waals surface area contributed by atoms with Crippen molar-refractivity contribution in [3.05, 3.63) is 18.0 Å². The lowest BCUT2D eigenvalue weighted by Crippen LogP contribution is -2.06. The van der Waals surface area contributed by atoms with E-state index in [2.05, 4.69) is 4.98 Å². The van der Waals surface area contributed by atoms with Gasteiger partial charge in [-0.15, -0.1) is 0 Å². The molecule has 1 aliphatic heterocycles. The van der Waals surface area contributed by atoms with E-state index in [1.807, 2.05) is 0 Å². The predicted molar refractivity (Wildman–Crippen MR) is 47.7 cm³/mol. The molecule has 0 radical (unpaired) electrons. The van der Waals surface area contributed by atoms with Crippen molar-refractivity contribution in [1.82, 2.24) is 4.98 Å². The van der Waals surface area contributed by atoms with Crippen molar-refractivity contribution in [2.45, 2.75) is 6.29 Å². The van der Waals surface area contributed by atoms with Crippen molar-refractivity contribution in [3.63, 3.8) is 0 Å². The summed E-state index contributed by atoms with van der Waals surface area (Å²) in [5, 5.41) is 0. The Bertz CT molecular complexity index is 310. The van der Waals surface area contributed by atoms with Gasteiger partial charge in [-0.05, 0) is 6.07 Å². The van der Waals surface area contributed by atoms with Crippen LogP contribution >= 0.6 is 0 Å². The zero-order chi connectivity index (χ0) is 9.26. The molecule has 1 aromatic rings. The third-order valence-electron chi connectivity index (χ3n) is 1.82. The Balaban J connectivity index is 2.29. The maximum Gasteiger partial charge on any atom is 0.203 e. The molecular weight excluding hydrogens is 170 g/mol. The first-order valence-electron chi connectivity index (χ1n) is 4.01. The number of anilines is 2. The summed E-state index contributed by atoms with van der Waals surface area (Å²) < 4.78 is 10.5. The van der Waals surface area contributed by atoms with E-state index in [0.29, 0.717) is 30.3 Å². The highest BCUT2D eigenvalue weighted by Gasteiger charge is 2.21. The number of nitrogens with two attached hydrogens (primary N) is 2. The Morgan fingerprint density at radius 3 is 2.62 bits per heavy atom. The summed E-state index contributed by atoms with van der Waals surface area (Å²) >= 11 is 0. The Hall–Kier alpha value is -1.33. The number of nitrogen functional groups attached to an aromatic ring is 2. The van der Waals surface area contributed by atoms with Crippen LogP contribution in [-0.4, -0.2) is 18.2 Å². The van der Waals surface area contributed by atoms with Crippen LogP contribution in [0.2, 0.25) is 0 Å². The molecule has 5 nitrogen and oxygen atoms in total. The molecule has 13 heavy (non-hydrogen) atoms. The largest absolute Gasteiger partial charge is 0.397 e. The van der Waals surface area contributed by atoms with Gasteiger partial charge in [-0.2, -0.15) is 0 Å². The standard InChI is InChI=1S/C8H11N3O2/c9-5-3-6(10)7(11-4-5)8-12-1-2-13-8/h3-4,8H,1-2,9-10H2. The second kappa shape index (κ2) is 3.20. The fourth-order valence-corrected chi connectivity index (χ4v) is 1.22. The molecule has 2 rings (SSSR count). The van der Waals surface area contributed by atoms with Crippen molar-refractivity contribution in [2.24, 2.45) is 0 Å². The molecule has 0 saturated carbocycles. The Morgan fingerprint density at radius 2 is 2.00 bits per heavy atom. The molecule has 1 aliphatic rings. The number of hydrogen-bond acceptors (Lipinski definition) is 5. The van der Waals surface area contributed by atoms with Crippen LogP contribution in [0.15, 0.2) is 12.3 Å². The summed E-state index contributed by atoms with van der Waals surface area (Å²) in [7, 11) is 0. The van der Waals surface area contributed by atoms with Crippen LogP contribution in [0, 0.1) is 0 Å². The van der Waals surface area contributed by atoms with Crippen LogP contribution in [0.25, 0.3) is 0 Å². The molecule has 1 saturated heterocycles. The van der Waals surface area contributed by atoms with Gasteiger partial charge in [0, 0.05) is 0 Å². The smallest absolute Gasteiger partial charge is 0.203 e. The molecule has 0 spiro atoms. The van der Waals surface area contributed by atoms with Crippen LogP contribution in [0.4, 0.5) is 11.4 Å². The van der Waals surface area contributed by atoms with Gasteiger partial charge in [-0.3, -0.25) is 4.98 Å². The van der Waals surface area contributed by atoms with Gasteiger partial charge >= 0.3 is 0 Å². The molecule has 70 valence electrons. The first kappa shape index (κ1) is 8.28. The highest BCUT2D eigenvalue weighted by molar-refractivity contribution is 5.53. The van der Waals surface area contributed by atoms with Gasteiger partial charge in [0.25, 0.3) is 0 Å². The molecule has 1 fully saturated rings. The summed E-state index contributed by atoms with van der Waals surface area (Å²) in [6.07, 6.45) is 1.11. The zero-order valence-corrected chi connectivity index (χ0v) is 7.06. The van der Waals surface area contributed by atoms with Gasteiger partial charge in [0.2, 0.25) is 6.29 Å². The SMILES string of the molecule is Nc1cnc(C2OCCO2)c(N)c1. The summed E-state index contributed by atoms with van der Waals surface area (Å²) in [5.74, 6) is 0. The van der Waals surface area contributed by atoms with E-state index in [1.54, 1.807) is 6.07 Å². The van der Waals surface area contributed by atoms with Gasteiger partial charge < -0.3 is 20.9 Å². The average Bonchev–Trinajstić information content (AvgIpc) is 2.56. The summed E-state index contributed by atoms with van der Waals surface area (Å²) in [5.41, 5.74) is 12.9. The number of aromatic nitrogens is 1. The van der Waals surface area contributed by atoms with E-state index in [9.17, 15) is 0 Å². The fourth-order valence-electron chi connectivity index (χ4n) is 1.22. The first-order valence-corrected chi connectivity index (χ1v) is 4.01. The number of hydrogen-bond donors (Lipinski definition) is 2. The molecule has 0 atom stereocenters. The topological polar surface area (TPSA) is 83.4 Å². The molecule has 0 unspecified atom stereocenters. The van der Waals surface area contributed by atoms with Crippen molar-refractivity contribution < 1.29 is 9.47 Å². The highest BCUT2D eigenvalue weighted by atomic mass is 16.7. The van der Waals surface area contributed by atoms with Crippen molar-refractivity contribution in [1.29, 1.82) is 0 Å². The summed E-state index contributed by atoms with van der Waals surface area (Å²) in [6, 6.07) is 1.65. The molecule has 5 heteroatoms. The molecular formula is C8H11N3O2. The van der Waals surface area contributed by atoms with E-state index in [1.165, 1.54) is 6.20 Å². The quantitative estimate of drug-likeness (QED) is 0.650. The first-order chi connectivity index (χ1) is 6.27. The van der Waals surface area contributed by atoms with Gasteiger partial charge in [-0.25, -0.2) is 0 Å². The molecule has 2 heterocycles. The summed E-state index contributed by atoms with van der Waals surface area (Å²) in [4.78, 5) is 4.06. The third-order valence-corrected chi connectivity index (χ3v) is 1.82. The van der Waals surface area contributed by atoms with Crippen molar-refractivity contribution >= 4 is 11.4 Å². The maximum atomic E-state index is 5.70. The van der Waals surface area contributed by atoms with E-state index in [-0.39, 0.29) is 0 Å². The highest BCUT2D eigenvalue weighted by Crippen LogP contribution is 2.26. The number of ether oxygens (including phenoxy) is 2. The fraction of sp³-hybridized carbons (Fsp3) is 0.375. The number of nitrogens with zero attached hydrogens (tertiary/aromatic N) is 1. The average molecular weight is 181 g/mol. The third kappa shape index (κ3) is 1.56. The lowest BCUT2D eigenvalue weighted by molar-refractivity contribution is -0.0466. The van der Waals surface area contributed by atoms with Crippen LogP contribution in [0.1, 0.15) is 12.0 Å². The van der Waals surface area contributed by atoms with Crippen LogP contribution in [0.3, 0.4) is 0 Å². The molecule has 0 amide bonds. The monoisotopic (exact) mass is 181 g/mol. The van der Waals surface area contributed by atoms with Gasteiger partial charge in [-0.1, -0.05) is 0 Å². The Morgan fingerprint density at radius 1 is 1.31 bits per heavy atom. The lowest BCUT2D eigenvalue weighted by atomic mass is 10.3. The van der Waals surface area contributed by atoms with Crippen molar-refractivity contribution in [3.8, 4) is 0 Å². The maximum absolute atomic E-state index is 5.70. The second-order valence-corrected chi connectivity index (χ2v) is 2.82. The van der Waals surface area contributed by atoms with E-state index < -0.39 is 6.29 Å².